The minimum atomic E-state index is -0.335. The van der Waals surface area contributed by atoms with Gasteiger partial charge >= 0.3 is 0 Å². The zero-order valence-corrected chi connectivity index (χ0v) is 8.66. The zero-order chi connectivity index (χ0) is 11.4. The van der Waals surface area contributed by atoms with Crippen LogP contribution in [0.3, 0.4) is 0 Å². The SMILES string of the molecule is CC(CC(N)=O)Nc1ccc(N)c(N)c1. The maximum Gasteiger partial charge on any atom is 0.219 e. The number of anilines is 3. The van der Waals surface area contributed by atoms with Gasteiger partial charge in [-0.3, -0.25) is 4.79 Å². The van der Waals surface area contributed by atoms with E-state index >= 15 is 0 Å². The fraction of sp³-hybridized carbons (Fsp3) is 0.300. The average molecular weight is 208 g/mol. The molecule has 0 aromatic heterocycles. The molecular weight excluding hydrogens is 192 g/mol. The third kappa shape index (κ3) is 3.38. The van der Waals surface area contributed by atoms with Crippen LogP contribution in [0, 0.1) is 0 Å². The Balaban J connectivity index is 2.64. The molecule has 0 spiro atoms. The summed E-state index contributed by atoms with van der Waals surface area (Å²) in [6.45, 7) is 1.87. The molecule has 1 aromatic rings. The van der Waals surface area contributed by atoms with Crippen molar-refractivity contribution in [1.29, 1.82) is 0 Å². The van der Waals surface area contributed by atoms with Gasteiger partial charge in [-0.15, -0.1) is 0 Å². The highest BCUT2D eigenvalue weighted by Crippen LogP contribution is 2.20. The summed E-state index contributed by atoms with van der Waals surface area (Å²) < 4.78 is 0. The highest BCUT2D eigenvalue weighted by atomic mass is 16.1. The van der Waals surface area contributed by atoms with Crippen LogP contribution in [0.4, 0.5) is 17.1 Å². The molecule has 1 amide bonds. The van der Waals surface area contributed by atoms with Crippen LogP contribution < -0.4 is 22.5 Å². The van der Waals surface area contributed by atoms with Crippen LogP contribution in [-0.4, -0.2) is 11.9 Å². The van der Waals surface area contributed by atoms with Crippen molar-refractivity contribution in [1.82, 2.24) is 0 Å². The number of amides is 1. The highest BCUT2D eigenvalue weighted by molar-refractivity contribution is 5.75. The van der Waals surface area contributed by atoms with Gasteiger partial charge in [0, 0.05) is 18.2 Å². The number of hydrogen-bond donors (Lipinski definition) is 4. The molecule has 1 aromatic carbocycles. The van der Waals surface area contributed by atoms with Crippen LogP contribution in [-0.2, 0) is 4.79 Å². The lowest BCUT2D eigenvalue weighted by Gasteiger charge is -2.14. The summed E-state index contributed by atoms with van der Waals surface area (Å²) in [5.41, 5.74) is 18.2. The van der Waals surface area contributed by atoms with Gasteiger partial charge in [0.2, 0.25) is 5.91 Å². The predicted molar refractivity (Wildman–Crippen MR) is 62.2 cm³/mol. The van der Waals surface area contributed by atoms with E-state index in [1.54, 1.807) is 12.1 Å². The molecular formula is C10H16N4O. The normalized spacial score (nSPS) is 12.1. The van der Waals surface area contributed by atoms with Crippen LogP contribution in [0.5, 0.6) is 0 Å². The highest BCUT2D eigenvalue weighted by Gasteiger charge is 2.06. The molecule has 0 bridgehead atoms. The predicted octanol–water partition coefficient (Wildman–Crippen LogP) is 0.527. The molecule has 82 valence electrons. The summed E-state index contributed by atoms with van der Waals surface area (Å²) in [4.78, 5) is 10.7. The molecule has 15 heavy (non-hydrogen) atoms. The standard InChI is InChI=1S/C10H16N4O/c1-6(4-10(13)15)14-7-2-3-8(11)9(12)5-7/h2-3,5-6,14H,4,11-12H2,1H3,(H2,13,15). The van der Waals surface area contributed by atoms with Crippen LogP contribution in [0.1, 0.15) is 13.3 Å². The van der Waals surface area contributed by atoms with Gasteiger partial charge in [0.1, 0.15) is 0 Å². The number of hydrogen-bond acceptors (Lipinski definition) is 4. The Labute approximate surface area is 88.6 Å². The van der Waals surface area contributed by atoms with Crippen molar-refractivity contribution >= 4 is 23.0 Å². The lowest BCUT2D eigenvalue weighted by molar-refractivity contribution is -0.118. The minimum absolute atomic E-state index is 0.0227. The van der Waals surface area contributed by atoms with E-state index in [4.69, 9.17) is 17.2 Å². The third-order valence-corrected chi connectivity index (χ3v) is 2.01. The fourth-order valence-corrected chi connectivity index (χ4v) is 1.30. The Kier molecular flexibility index (Phi) is 3.38. The maximum absolute atomic E-state index is 10.7. The van der Waals surface area contributed by atoms with Gasteiger partial charge in [0.25, 0.3) is 0 Å². The summed E-state index contributed by atoms with van der Waals surface area (Å²) in [5, 5.41) is 3.10. The average Bonchev–Trinajstić information content (AvgIpc) is 2.10. The second-order valence-electron chi connectivity index (χ2n) is 3.56. The first-order valence-corrected chi connectivity index (χ1v) is 4.69. The van der Waals surface area contributed by atoms with Gasteiger partial charge in [0.05, 0.1) is 11.4 Å². The molecule has 0 heterocycles. The lowest BCUT2D eigenvalue weighted by atomic mass is 10.2. The zero-order valence-electron chi connectivity index (χ0n) is 8.66. The molecule has 1 unspecified atom stereocenters. The van der Waals surface area contributed by atoms with Crippen LogP contribution in [0.25, 0.3) is 0 Å². The first kappa shape index (κ1) is 11.2. The monoisotopic (exact) mass is 208 g/mol. The topological polar surface area (TPSA) is 107 Å². The Bertz CT molecular complexity index is 364. The number of nitrogens with two attached hydrogens (primary N) is 3. The largest absolute Gasteiger partial charge is 0.397 e. The van der Waals surface area contributed by atoms with E-state index in [9.17, 15) is 4.79 Å². The number of carbonyl (C=O) groups is 1. The lowest BCUT2D eigenvalue weighted by Crippen LogP contribution is -2.24. The quantitative estimate of drug-likeness (QED) is 0.541. The van der Waals surface area contributed by atoms with E-state index in [-0.39, 0.29) is 18.4 Å². The summed E-state index contributed by atoms with van der Waals surface area (Å²) in [6.07, 6.45) is 0.282. The molecule has 7 N–H and O–H groups in total. The van der Waals surface area contributed by atoms with Crippen molar-refractivity contribution in [3.63, 3.8) is 0 Å². The van der Waals surface area contributed by atoms with Crippen LogP contribution in [0.2, 0.25) is 0 Å². The smallest absolute Gasteiger partial charge is 0.219 e. The number of carbonyl (C=O) groups excluding carboxylic acids is 1. The number of primary amides is 1. The molecule has 5 nitrogen and oxygen atoms in total. The summed E-state index contributed by atoms with van der Waals surface area (Å²) >= 11 is 0. The van der Waals surface area contributed by atoms with Crippen molar-refractivity contribution in [2.45, 2.75) is 19.4 Å². The number of nitrogens with one attached hydrogen (secondary N) is 1. The second kappa shape index (κ2) is 4.54. The Morgan fingerprint density at radius 3 is 2.60 bits per heavy atom. The summed E-state index contributed by atoms with van der Waals surface area (Å²) in [6, 6.07) is 5.23. The number of rotatable bonds is 4. The van der Waals surface area contributed by atoms with E-state index in [0.29, 0.717) is 11.4 Å². The molecule has 0 radical (unpaired) electrons. The molecule has 0 saturated heterocycles. The minimum Gasteiger partial charge on any atom is -0.397 e. The first-order valence-electron chi connectivity index (χ1n) is 4.69. The fourth-order valence-electron chi connectivity index (χ4n) is 1.30. The van der Waals surface area contributed by atoms with Crippen molar-refractivity contribution in [3.8, 4) is 0 Å². The Morgan fingerprint density at radius 2 is 2.07 bits per heavy atom. The molecule has 0 aliphatic carbocycles. The van der Waals surface area contributed by atoms with Crippen molar-refractivity contribution in [2.24, 2.45) is 5.73 Å². The number of benzene rings is 1. The summed E-state index contributed by atoms with van der Waals surface area (Å²) in [5.74, 6) is -0.335. The van der Waals surface area contributed by atoms with Crippen LogP contribution >= 0.6 is 0 Å². The van der Waals surface area contributed by atoms with E-state index in [2.05, 4.69) is 5.32 Å². The molecule has 0 fully saturated rings. The number of nitrogen functional groups attached to an aromatic ring is 2. The maximum atomic E-state index is 10.7. The third-order valence-electron chi connectivity index (χ3n) is 2.01. The molecule has 1 rings (SSSR count). The van der Waals surface area contributed by atoms with E-state index in [1.165, 1.54) is 0 Å². The molecule has 0 aliphatic heterocycles. The Morgan fingerprint density at radius 1 is 1.40 bits per heavy atom. The van der Waals surface area contributed by atoms with Gasteiger partial charge in [-0.2, -0.15) is 0 Å². The van der Waals surface area contributed by atoms with Crippen molar-refractivity contribution in [2.75, 3.05) is 16.8 Å². The van der Waals surface area contributed by atoms with Crippen molar-refractivity contribution in [3.05, 3.63) is 18.2 Å². The molecule has 5 heteroatoms. The molecule has 0 aliphatic rings. The van der Waals surface area contributed by atoms with E-state index in [1.807, 2.05) is 13.0 Å². The van der Waals surface area contributed by atoms with Crippen LogP contribution in [0.15, 0.2) is 18.2 Å². The van der Waals surface area contributed by atoms with Gasteiger partial charge < -0.3 is 22.5 Å². The van der Waals surface area contributed by atoms with E-state index in [0.717, 1.165) is 5.69 Å². The van der Waals surface area contributed by atoms with Crippen molar-refractivity contribution < 1.29 is 4.79 Å². The molecule has 1 atom stereocenters. The van der Waals surface area contributed by atoms with Gasteiger partial charge in [-0.1, -0.05) is 0 Å². The molecule has 0 saturated carbocycles. The van der Waals surface area contributed by atoms with E-state index < -0.39 is 0 Å². The second-order valence-corrected chi connectivity index (χ2v) is 3.56. The van der Waals surface area contributed by atoms with Gasteiger partial charge in [0.15, 0.2) is 0 Å². The van der Waals surface area contributed by atoms with Gasteiger partial charge in [-0.25, -0.2) is 0 Å². The summed E-state index contributed by atoms with van der Waals surface area (Å²) in [7, 11) is 0. The van der Waals surface area contributed by atoms with Gasteiger partial charge in [-0.05, 0) is 25.1 Å². The Hall–Kier alpha value is -1.91. The first-order chi connectivity index (χ1) is 6.99.